The molecule has 0 aromatic heterocycles. The largest absolute Gasteiger partial charge is 0.491 e. The van der Waals surface area contributed by atoms with Gasteiger partial charge in [0.2, 0.25) is 0 Å². The molecular formula is C30H35N3O5. The molecule has 0 spiro atoms. The highest BCUT2D eigenvalue weighted by molar-refractivity contribution is 6.05. The molecular weight excluding hydrogens is 482 g/mol. The number of nitrogens with zero attached hydrogens (tertiary/aromatic N) is 1. The van der Waals surface area contributed by atoms with Gasteiger partial charge in [-0.05, 0) is 55.3 Å². The molecule has 0 saturated carbocycles. The van der Waals surface area contributed by atoms with Gasteiger partial charge in [-0.25, -0.2) is 0 Å². The second-order valence-electron chi connectivity index (χ2n) is 9.67. The number of methoxy groups -OCH3 is 1. The monoisotopic (exact) mass is 517 g/mol. The van der Waals surface area contributed by atoms with Crippen molar-refractivity contribution < 1.29 is 23.8 Å². The first-order valence-electron chi connectivity index (χ1n) is 12.8. The average Bonchev–Trinajstić information content (AvgIpc) is 2.93. The van der Waals surface area contributed by atoms with E-state index in [-0.39, 0.29) is 29.9 Å². The van der Waals surface area contributed by atoms with E-state index in [4.69, 9.17) is 14.2 Å². The van der Waals surface area contributed by atoms with Crippen LogP contribution in [0, 0.1) is 5.92 Å². The number of rotatable bonds is 5. The van der Waals surface area contributed by atoms with Gasteiger partial charge < -0.3 is 29.7 Å². The predicted octanol–water partition coefficient (Wildman–Crippen LogP) is 4.82. The summed E-state index contributed by atoms with van der Waals surface area (Å²) in [5.41, 5.74) is 1.40. The summed E-state index contributed by atoms with van der Waals surface area (Å²) < 4.78 is 17.6. The smallest absolute Gasteiger partial charge is 0.257 e. The fourth-order valence-corrected chi connectivity index (χ4v) is 4.26. The molecule has 1 aliphatic rings. The maximum atomic E-state index is 13.3. The van der Waals surface area contributed by atoms with Crippen molar-refractivity contribution in [3.8, 4) is 17.2 Å². The van der Waals surface area contributed by atoms with Crippen LogP contribution >= 0.6 is 0 Å². The van der Waals surface area contributed by atoms with Crippen LogP contribution in [0.3, 0.4) is 0 Å². The average molecular weight is 518 g/mol. The van der Waals surface area contributed by atoms with E-state index in [2.05, 4.69) is 17.6 Å². The van der Waals surface area contributed by atoms with E-state index in [1.165, 1.54) is 0 Å². The lowest BCUT2D eigenvalue weighted by molar-refractivity contribution is 0.0281. The number of carbonyl (C=O) groups excluding carboxylic acids is 2. The molecule has 38 heavy (non-hydrogen) atoms. The van der Waals surface area contributed by atoms with Crippen LogP contribution in [0.1, 0.15) is 34.6 Å². The number of hydrogen-bond acceptors (Lipinski definition) is 6. The third-order valence-corrected chi connectivity index (χ3v) is 6.56. The lowest BCUT2D eigenvalue weighted by atomic mass is 10.0. The van der Waals surface area contributed by atoms with Crippen LogP contribution in [-0.2, 0) is 4.74 Å². The van der Waals surface area contributed by atoms with Crippen molar-refractivity contribution in [1.29, 1.82) is 0 Å². The van der Waals surface area contributed by atoms with Crippen molar-refractivity contribution in [2.45, 2.75) is 26.0 Å². The van der Waals surface area contributed by atoms with Crippen molar-refractivity contribution in [3.05, 3.63) is 83.9 Å². The zero-order valence-corrected chi connectivity index (χ0v) is 22.3. The quantitative estimate of drug-likeness (QED) is 0.504. The Balaban J connectivity index is 1.53. The highest BCUT2D eigenvalue weighted by Crippen LogP contribution is 2.27. The predicted molar refractivity (Wildman–Crippen MR) is 147 cm³/mol. The van der Waals surface area contributed by atoms with Gasteiger partial charge in [0.25, 0.3) is 11.8 Å². The van der Waals surface area contributed by atoms with Crippen LogP contribution in [-0.4, -0.2) is 62.7 Å². The summed E-state index contributed by atoms with van der Waals surface area (Å²) in [6.45, 7) is 5.69. The van der Waals surface area contributed by atoms with Gasteiger partial charge in [-0.3, -0.25) is 9.59 Å². The molecule has 200 valence electrons. The summed E-state index contributed by atoms with van der Waals surface area (Å²) in [5.74, 6) is 1.41. The molecule has 0 unspecified atom stereocenters. The number of anilines is 1. The van der Waals surface area contributed by atoms with E-state index in [1.54, 1.807) is 61.5 Å². The van der Waals surface area contributed by atoms with Gasteiger partial charge in [0.05, 0.1) is 11.7 Å². The number of amides is 2. The zero-order chi connectivity index (χ0) is 27.1. The van der Waals surface area contributed by atoms with Crippen molar-refractivity contribution in [1.82, 2.24) is 10.2 Å². The maximum absolute atomic E-state index is 13.3. The molecule has 4 rings (SSSR count). The molecule has 8 heteroatoms. The summed E-state index contributed by atoms with van der Waals surface area (Å²) in [5, 5.41) is 6.38. The number of ether oxygens (including phenoxy) is 3. The summed E-state index contributed by atoms with van der Waals surface area (Å²) in [7, 11) is 3.43. The van der Waals surface area contributed by atoms with Gasteiger partial charge in [0, 0.05) is 50.6 Å². The van der Waals surface area contributed by atoms with Crippen LogP contribution in [0.5, 0.6) is 17.2 Å². The van der Waals surface area contributed by atoms with Crippen molar-refractivity contribution >= 4 is 17.5 Å². The first-order chi connectivity index (χ1) is 18.3. The molecule has 0 fully saturated rings. The molecule has 0 radical (unpaired) electrons. The lowest BCUT2D eigenvalue weighted by Gasteiger charge is -2.30. The van der Waals surface area contributed by atoms with E-state index < -0.39 is 0 Å². The Bertz CT molecular complexity index is 1250. The third-order valence-electron chi connectivity index (χ3n) is 6.56. The first kappa shape index (κ1) is 27.2. The molecule has 0 bridgehead atoms. The van der Waals surface area contributed by atoms with E-state index in [1.807, 2.05) is 37.3 Å². The summed E-state index contributed by atoms with van der Waals surface area (Å²) in [6, 6.07) is 21.5. The van der Waals surface area contributed by atoms with Gasteiger partial charge in [0.1, 0.15) is 23.9 Å². The van der Waals surface area contributed by atoms with Gasteiger partial charge >= 0.3 is 0 Å². The number of benzene rings is 3. The fourth-order valence-electron chi connectivity index (χ4n) is 4.26. The Morgan fingerprint density at radius 3 is 2.55 bits per heavy atom. The molecule has 2 N–H and O–H groups in total. The third kappa shape index (κ3) is 6.90. The van der Waals surface area contributed by atoms with Crippen molar-refractivity contribution in [2.75, 3.05) is 39.2 Å². The highest BCUT2D eigenvalue weighted by atomic mass is 16.5. The lowest BCUT2D eigenvalue weighted by Crippen LogP contribution is -2.44. The van der Waals surface area contributed by atoms with Crippen LogP contribution in [0.15, 0.2) is 72.8 Å². The molecule has 3 aromatic rings. The number of hydrogen-bond donors (Lipinski definition) is 2. The number of para-hydroxylation sites is 1. The Labute approximate surface area is 223 Å². The number of fused-ring (bicyclic) bond motifs is 1. The van der Waals surface area contributed by atoms with Crippen LogP contribution in [0.2, 0.25) is 0 Å². The molecule has 0 aliphatic carbocycles. The summed E-state index contributed by atoms with van der Waals surface area (Å²) >= 11 is 0. The Morgan fingerprint density at radius 1 is 1.03 bits per heavy atom. The minimum Gasteiger partial charge on any atom is -0.491 e. The zero-order valence-electron chi connectivity index (χ0n) is 22.3. The molecule has 8 nitrogen and oxygen atoms in total. The topological polar surface area (TPSA) is 89.1 Å². The minimum atomic E-state index is -0.299. The molecule has 1 heterocycles. The maximum Gasteiger partial charge on any atom is 0.257 e. The van der Waals surface area contributed by atoms with E-state index in [0.717, 1.165) is 6.54 Å². The minimum absolute atomic E-state index is 0.0562. The van der Waals surface area contributed by atoms with E-state index in [9.17, 15) is 9.59 Å². The molecule has 3 atom stereocenters. The molecule has 0 saturated heterocycles. The second kappa shape index (κ2) is 12.6. The van der Waals surface area contributed by atoms with Gasteiger partial charge in [-0.15, -0.1) is 0 Å². The van der Waals surface area contributed by atoms with E-state index >= 15 is 0 Å². The second-order valence-corrected chi connectivity index (χ2v) is 9.67. The molecule has 2 amide bonds. The number of carbonyl (C=O) groups is 2. The summed E-state index contributed by atoms with van der Waals surface area (Å²) in [6.07, 6.45) is -0.104. The van der Waals surface area contributed by atoms with Gasteiger partial charge in [0.15, 0.2) is 0 Å². The number of likely N-dealkylation sites (N-methyl/N-ethyl adjacent to an activating group) is 1. The summed E-state index contributed by atoms with van der Waals surface area (Å²) in [4.78, 5) is 28.0. The molecule has 1 aliphatic heterocycles. The Hall–Kier alpha value is -3.88. The van der Waals surface area contributed by atoms with Crippen molar-refractivity contribution in [2.24, 2.45) is 5.92 Å². The van der Waals surface area contributed by atoms with Crippen LogP contribution in [0.25, 0.3) is 0 Å². The Morgan fingerprint density at radius 2 is 1.79 bits per heavy atom. The van der Waals surface area contributed by atoms with E-state index in [0.29, 0.717) is 47.2 Å². The Kier molecular flexibility index (Phi) is 8.99. The number of nitrogens with one attached hydrogen (secondary N) is 2. The normalized spacial score (nSPS) is 20.4. The van der Waals surface area contributed by atoms with Gasteiger partial charge in [-0.1, -0.05) is 31.2 Å². The highest BCUT2D eigenvalue weighted by Gasteiger charge is 2.25. The first-order valence-corrected chi connectivity index (χ1v) is 12.8. The van der Waals surface area contributed by atoms with Gasteiger partial charge in [-0.2, -0.15) is 0 Å². The molecule has 3 aromatic carbocycles. The standard InChI is InChI=1S/C30H35N3O5/c1-20-17-31-21(2)19-37-27-16-23(13-14-26(27)30(35)33(3)18-28(20)36-4)32-29(34)22-9-8-12-25(15-22)38-24-10-6-5-7-11-24/h5-16,20-21,28,31H,17-19H2,1-4H3,(H,32,34)/t20-,21-,28+/m0/s1. The van der Waals surface area contributed by atoms with Crippen molar-refractivity contribution in [3.63, 3.8) is 0 Å². The SMILES string of the molecule is CO[C@@H]1CN(C)C(=O)c2ccc(NC(=O)c3cccc(Oc4ccccc4)c3)cc2OC[C@H](C)NC[C@@H]1C. The van der Waals surface area contributed by atoms with Crippen LogP contribution < -0.4 is 20.1 Å². The van der Waals surface area contributed by atoms with Crippen LogP contribution in [0.4, 0.5) is 5.69 Å². The fraction of sp³-hybridized carbons (Fsp3) is 0.333.